The highest BCUT2D eigenvalue weighted by molar-refractivity contribution is 5.76. The molecule has 2 rings (SSSR count). The van der Waals surface area contributed by atoms with Crippen molar-refractivity contribution in [2.45, 2.75) is 12.3 Å². The molecular formula is C15H12N2O6. The fourth-order valence-corrected chi connectivity index (χ4v) is 2.00. The molecule has 0 saturated heterocycles. The number of carbonyl (C=O) groups excluding carboxylic acids is 1. The van der Waals surface area contributed by atoms with Crippen molar-refractivity contribution in [3.63, 3.8) is 0 Å². The van der Waals surface area contributed by atoms with Crippen LogP contribution in [0.2, 0.25) is 0 Å². The number of carbonyl (C=O) groups is 1. The average molecular weight is 316 g/mol. The Labute approximate surface area is 130 Å². The predicted molar refractivity (Wildman–Crippen MR) is 78.4 cm³/mol. The van der Waals surface area contributed by atoms with Crippen molar-refractivity contribution >= 4 is 5.97 Å². The molecule has 0 heterocycles. The minimum atomic E-state index is -1.82. The van der Waals surface area contributed by atoms with E-state index in [9.17, 15) is 25.0 Å². The zero-order valence-corrected chi connectivity index (χ0v) is 11.8. The van der Waals surface area contributed by atoms with E-state index in [1.165, 1.54) is 36.4 Å². The Morgan fingerprint density at radius 1 is 0.826 bits per heavy atom. The molecule has 0 bridgehead atoms. The van der Waals surface area contributed by atoms with Crippen molar-refractivity contribution in [1.82, 2.24) is 0 Å². The number of rotatable bonds is 6. The largest absolute Gasteiger partial charge is 0.392 e. The van der Waals surface area contributed by atoms with E-state index >= 15 is 0 Å². The van der Waals surface area contributed by atoms with Crippen LogP contribution in [0.1, 0.15) is 23.4 Å². The quantitative estimate of drug-likeness (QED) is 0.350. The first kappa shape index (κ1) is 16.1. The van der Waals surface area contributed by atoms with Gasteiger partial charge in [0.2, 0.25) is 0 Å². The summed E-state index contributed by atoms with van der Waals surface area (Å²) in [5, 5.41) is 22.3. The van der Waals surface area contributed by atoms with Crippen LogP contribution in [0.15, 0.2) is 60.7 Å². The molecule has 2 atom stereocenters. The number of esters is 1. The smallest absolute Gasteiger partial charge is 0.389 e. The maximum absolute atomic E-state index is 12.1. The lowest BCUT2D eigenvalue weighted by Crippen LogP contribution is -2.27. The number of ether oxygens (including phenoxy) is 1. The van der Waals surface area contributed by atoms with Crippen molar-refractivity contribution in [3.05, 3.63) is 92.0 Å². The van der Waals surface area contributed by atoms with Gasteiger partial charge in [0.15, 0.2) is 0 Å². The Bertz CT molecular complexity index is 704. The number of hydrogen-bond acceptors (Lipinski definition) is 6. The van der Waals surface area contributed by atoms with E-state index in [1.54, 1.807) is 24.3 Å². The summed E-state index contributed by atoms with van der Waals surface area (Å²) in [6, 6.07) is 13.2. The van der Waals surface area contributed by atoms with Crippen molar-refractivity contribution < 1.29 is 19.4 Å². The van der Waals surface area contributed by atoms with E-state index in [4.69, 9.17) is 4.74 Å². The lowest BCUT2D eigenvalue weighted by molar-refractivity contribution is -0.581. The Kier molecular flexibility index (Phi) is 4.98. The van der Waals surface area contributed by atoms with Crippen LogP contribution in [0, 0.1) is 20.2 Å². The molecule has 23 heavy (non-hydrogen) atoms. The monoisotopic (exact) mass is 316 g/mol. The molecule has 0 fully saturated rings. The van der Waals surface area contributed by atoms with E-state index in [0.29, 0.717) is 0 Å². The highest BCUT2D eigenvalue weighted by Crippen LogP contribution is 2.24. The second kappa shape index (κ2) is 7.12. The summed E-state index contributed by atoms with van der Waals surface area (Å²) in [6.45, 7) is 0. The predicted octanol–water partition coefficient (Wildman–Crippen LogP) is 2.52. The van der Waals surface area contributed by atoms with Crippen LogP contribution in [-0.2, 0) is 9.53 Å². The van der Waals surface area contributed by atoms with Crippen LogP contribution in [0.3, 0.4) is 0 Å². The molecule has 2 aromatic carbocycles. The van der Waals surface area contributed by atoms with Gasteiger partial charge in [0.25, 0.3) is 0 Å². The Morgan fingerprint density at radius 2 is 1.30 bits per heavy atom. The van der Waals surface area contributed by atoms with Crippen LogP contribution in [0.25, 0.3) is 0 Å². The number of benzene rings is 2. The van der Waals surface area contributed by atoms with Crippen LogP contribution < -0.4 is 0 Å². The minimum Gasteiger partial charge on any atom is -0.389 e. The van der Waals surface area contributed by atoms with Gasteiger partial charge in [-0.2, -0.15) is 0 Å². The third-order valence-corrected chi connectivity index (χ3v) is 3.05. The van der Waals surface area contributed by atoms with Crippen molar-refractivity contribution in [3.8, 4) is 0 Å². The van der Waals surface area contributed by atoms with Crippen molar-refractivity contribution in [1.29, 1.82) is 0 Å². The van der Waals surface area contributed by atoms with Gasteiger partial charge in [0.05, 0.1) is 10.5 Å². The number of hydrogen-bond donors (Lipinski definition) is 0. The molecule has 0 saturated carbocycles. The van der Waals surface area contributed by atoms with Crippen molar-refractivity contribution in [2.24, 2.45) is 0 Å². The maximum Gasteiger partial charge on any atom is 0.392 e. The first-order valence-corrected chi connectivity index (χ1v) is 6.58. The SMILES string of the molecule is O=C(OC(c1ccccc1)[N+](=O)[O-])C(c1ccccc1)[N+](=O)[O-]. The Balaban J connectivity index is 2.27. The first-order chi connectivity index (χ1) is 11.0. The van der Waals surface area contributed by atoms with E-state index in [2.05, 4.69) is 0 Å². The molecule has 8 heteroatoms. The van der Waals surface area contributed by atoms with Gasteiger partial charge in [-0.25, -0.2) is 4.79 Å². The molecule has 0 aliphatic heterocycles. The summed E-state index contributed by atoms with van der Waals surface area (Å²) in [4.78, 5) is 32.7. The summed E-state index contributed by atoms with van der Waals surface area (Å²) < 4.78 is 4.80. The second-order valence-electron chi connectivity index (χ2n) is 4.58. The van der Waals surface area contributed by atoms with Gasteiger partial charge < -0.3 is 4.74 Å². The van der Waals surface area contributed by atoms with Gasteiger partial charge in [-0.1, -0.05) is 48.5 Å². The van der Waals surface area contributed by atoms with Gasteiger partial charge >= 0.3 is 18.2 Å². The fourth-order valence-electron chi connectivity index (χ4n) is 2.00. The molecule has 0 aliphatic rings. The van der Waals surface area contributed by atoms with Gasteiger partial charge in [-0.3, -0.25) is 20.2 Å². The van der Waals surface area contributed by atoms with Gasteiger partial charge in [-0.15, -0.1) is 0 Å². The minimum absolute atomic E-state index is 0.0951. The highest BCUT2D eigenvalue weighted by atomic mass is 16.7. The molecule has 0 aliphatic carbocycles. The lowest BCUT2D eigenvalue weighted by atomic mass is 10.1. The third-order valence-electron chi connectivity index (χ3n) is 3.05. The summed E-state index contributed by atoms with van der Waals surface area (Å²) in [6.07, 6.45) is -1.80. The zero-order valence-electron chi connectivity index (χ0n) is 11.8. The second-order valence-corrected chi connectivity index (χ2v) is 4.58. The maximum atomic E-state index is 12.1. The third kappa shape index (κ3) is 3.88. The molecule has 2 aromatic rings. The van der Waals surface area contributed by atoms with E-state index < -0.39 is 28.1 Å². The van der Waals surface area contributed by atoms with Gasteiger partial charge in [0.1, 0.15) is 0 Å². The first-order valence-electron chi connectivity index (χ1n) is 6.58. The van der Waals surface area contributed by atoms with Crippen molar-refractivity contribution in [2.75, 3.05) is 0 Å². The van der Waals surface area contributed by atoms with Crippen LogP contribution in [-0.4, -0.2) is 15.8 Å². The van der Waals surface area contributed by atoms with E-state index in [1.807, 2.05) is 0 Å². The van der Waals surface area contributed by atoms with Crippen LogP contribution >= 0.6 is 0 Å². The molecule has 0 spiro atoms. The molecule has 0 radical (unpaired) electrons. The van der Waals surface area contributed by atoms with Crippen LogP contribution in [0.4, 0.5) is 0 Å². The lowest BCUT2D eigenvalue weighted by Gasteiger charge is -2.13. The van der Waals surface area contributed by atoms with E-state index in [0.717, 1.165) is 0 Å². The average Bonchev–Trinajstić information content (AvgIpc) is 2.54. The number of nitrogens with zero attached hydrogens (tertiary/aromatic N) is 2. The topological polar surface area (TPSA) is 113 Å². The van der Waals surface area contributed by atoms with Gasteiger partial charge in [0, 0.05) is 10.5 Å². The molecule has 2 unspecified atom stereocenters. The highest BCUT2D eigenvalue weighted by Gasteiger charge is 2.38. The molecule has 118 valence electrons. The standard InChI is InChI=1S/C15H12N2O6/c18-15(13(16(19)20)11-7-3-1-4-8-11)23-14(17(21)22)12-9-5-2-6-10-12/h1-10,13-14H. The summed E-state index contributed by atoms with van der Waals surface area (Å²) in [5.74, 6) is -1.29. The van der Waals surface area contributed by atoms with E-state index in [-0.39, 0.29) is 11.1 Å². The summed E-state index contributed by atoms with van der Waals surface area (Å²) in [5.41, 5.74) is 0.221. The van der Waals surface area contributed by atoms with Gasteiger partial charge in [-0.05, 0) is 12.1 Å². The summed E-state index contributed by atoms with van der Waals surface area (Å²) in [7, 11) is 0. The molecule has 0 aromatic heterocycles. The summed E-state index contributed by atoms with van der Waals surface area (Å²) >= 11 is 0. The number of nitro groups is 2. The zero-order chi connectivity index (χ0) is 16.8. The molecular weight excluding hydrogens is 304 g/mol. The molecule has 8 nitrogen and oxygen atoms in total. The fraction of sp³-hybridized carbons (Fsp3) is 0.133. The Morgan fingerprint density at radius 3 is 1.74 bits per heavy atom. The Hall–Kier alpha value is -3.29. The molecule has 0 N–H and O–H groups in total. The normalized spacial score (nSPS) is 12.9. The van der Waals surface area contributed by atoms with Crippen LogP contribution in [0.5, 0.6) is 0 Å². The molecule has 0 amide bonds.